The van der Waals surface area contributed by atoms with E-state index in [1.165, 1.54) is 0 Å². The molecule has 0 atom stereocenters. The van der Waals surface area contributed by atoms with E-state index in [-0.39, 0.29) is 6.09 Å². The van der Waals surface area contributed by atoms with Gasteiger partial charge in [0.25, 0.3) is 0 Å². The van der Waals surface area contributed by atoms with Crippen LogP contribution in [0, 0.1) is 0 Å². The van der Waals surface area contributed by atoms with E-state index in [9.17, 15) is 4.79 Å². The monoisotopic (exact) mass is 492 g/mol. The summed E-state index contributed by atoms with van der Waals surface area (Å²) < 4.78 is 7.66. The highest BCUT2D eigenvalue weighted by molar-refractivity contribution is 5.67. The summed E-state index contributed by atoms with van der Waals surface area (Å²) in [5.74, 6) is 2.73. The number of pyridine rings is 2. The van der Waals surface area contributed by atoms with Gasteiger partial charge in [-0.2, -0.15) is 0 Å². The number of piperazine rings is 1. The topological polar surface area (TPSA) is 92.5 Å². The molecule has 10 heteroatoms. The average Bonchev–Trinajstić information content (AvgIpc) is 3.26. The van der Waals surface area contributed by atoms with Crippen molar-refractivity contribution < 1.29 is 9.53 Å². The van der Waals surface area contributed by atoms with Gasteiger partial charge in [-0.05, 0) is 51.5 Å². The molecule has 3 aromatic heterocycles. The van der Waals surface area contributed by atoms with E-state index in [1.807, 2.05) is 63.4 Å². The van der Waals surface area contributed by atoms with Gasteiger partial charge in [-0.25, -0.2) is 9.78 Å². The van der Waals surface area contributed by atoms with Crippen LogP contribution in [-0.2, 0) is 17.7 Å². The van der Waals surface area contributed by atoms with Gasteiger partial charge in [-0.1, -0.05) is 12.1 Å². The van der Waals surface area contributed by atoms with Gasteiger partial charge in [0.05, 0.1) is 6.42 Å². The van der Waals surface area contributed by atoms with Gasteiger partial charge in [0.2, 0.25) is 5.95 Å². The molecular formula is C26H36N8O2. The SMILES string of the molecule is CN(CCCn1c(Cc2ccccn2)nnc1N1CCN(c2ccccn2)CC1)C(=O)OC(C)(C)C. The van der Waals surface area contributed by atoms with Crippen LogP contribution in [0.3, 0.4) is 0 Å². The van der Waals surface area contributed by atoms with Crippen molar-refractivity contribution in [2.75, 3.05) is 49.6 Å². The zero-order chi connectivity index (χ0) is 25.5. The molecule has 1 aliphatic heterocycles. The molecule has 1 fully saturated rings. The van der Waals surface area contributed by atoms with Gasteiger partial charge >= 0.3 is 6.09 Å². The maximum atomic E-state index is 12.4. The number of nitrogens with zero attached hydrogens (tertiary/aromatic N) is 8. The first-order chi connectivity index (χ1) is 17.3. The number of carbonyl (C=O) groups excluding carboxylic acids is 1. The molecule has 0 radical (unpaired) electrons. The second-order valence-electron chi connectivity index (χ2n) is 9.98. The highest BCUT2D eigenvalue weighted by Gasteiger charge is 2.24. The molecule has 1 aliphatic rings. The van der Waals surface area contributed by atoms with E-state index < -0.39 is 5.60 Å². The molecule has 3 aromatic rings. The number of anilines is 2. The minimum atomic E-state index is -0.514. The lowest BCUT2D eigenvalue weighted by atomic mass is 10.2. The van der Waals surface area contributed by atoms with Crippen molar-refractivity contribution in [2.45, 2.75) is 45.8 Å². The molecule has 4 heterocycles. The summed E-state index contributed by atoms with van der Waals surface area (Å²) in [6.45, 7) is 10.3. The molecule has 0 aromatic carbocycles. The Morgan fingerprint density at radius 2 is 1.67 bits per heavy atom. The van der Waals surface area contributed by atoms with Crippen LogP contribution in [0.25, 0.3) is 0 Å². The molecule has 192 valence electrons. The third-order valence-corrected chi connectivity index (χ3v) is 5.99. The molecule has 1 saturated heterocycles. The molecule has 0 saturated carbocycles. The lowest BCUT2D eigenvalue weighted by molar-refractivity contribution is 0.0295. The first kappa shape index (κ1) is 25.4. The lowest BCUT2D eigenvalue weighted by Crippen LogP contribution is -2.47. The van der Waals surface area contributed by atoms with Gasteiger partial charge in [0.15, 0.2) is 0 Å². The highest BCUT2D eigenvalue weighted by Crippen LogP contribution is 2.20. The molecule has 0 aliphatic carbocycles. The van der Waals surface area contributed by atoms with Crippen molar-refractivity contribution in [2.24, 2.45) is 0 Å². The quantitative estimate of drug-likeness (QED) is 0.473. The Morgan fingerprint density at radius 3 is 2.31 bits per heavy atom. The van der Waals surface area contributed by atoms with Crippen LogP contribution in [0.1, 0.15) is 38.7 Å². The van der Waals surface area contributed by atoms with Crippen LogP contribution >= 0.6 is 0 Å². The Bertz CT molecular complexity index is 1110. The minimum absolute atomic E-state index is 0.314. The maximum absolute atomic E-state index is 12.4. The molecule has 36 heavy (non-hydrogen) atoms. The molecular weight excluding hydrogens is 456 g/mol. The fourth-order valence-electron chi connectivity index (χ4n) is 4.16. The number of hydrogen-bond acceptors (Lipinski definition) is 8. The number of hydrogen-bond donors (Lipinski definition) is 0. The molecule has 0 unspecified atom stereocenters. The number of aromatic nitrogens is 5. The first-order valence-corrected chi connectivity index (χ1v) is 12.5. The van der Waals surface area contributed by atoms with Crippen molar-refractivity contribution >= 4 is 17.9 Å². The summed E-state index contributed by atoms with van der Waals surface area (Å²) in [7, 11) is 1.77. The molecule has 1 amide bonds. The van der Waals surface area contributed by atoms with Crippen molar-refractivity contribution in [1.82, 2.24) is 29.6 Å². The molecule has 0 bridgehead atoms. The van der Waals surface area contributed by atoms with Crippen LogP contribution in [0.4, 0.5) is 16.6 Å². The Morgan fingerprint density at radius 1 is 0.972 bits per heavy atom. The standard InChI is InChI=1S/C26H36N8O2/c1-26(2,3)36-25(35)31(4)14-9-15-34-23(20-21-10-5-7-12-27-21)29-30-24(34)33-18-16-32(17-19-33)22-11-6-8-13-28-22/h5-8,10-13H,9,14-20H2,1-4H3. The molecule has 0 spiro atoms. The summed E-state index contributed by atoms with van der Waals surface area (Å²) in [5.41, 5.74) is 0.434. The van der Waals surface area contributed by atoms with Gasteiger partial charge in [0, 0.05) is 64.4 Å². The third-order valence-electron chi connectivity index (χ3n) is 5.99. The third kappa shape index (κ3) is 6.71. The summed E-state index contributed by atoms with van der Waals surface area (Å²) in [6.07, 6.45) is 4.67. The summed E-state index contributed by atoms with van der Waals surface area (Å²) >= 11 is 0. The number of carbonyl (C=O) groups is 1. The molecule has 4 rings (SSSR count). The smallest absolute Gasteiger partial charge is 0.410 e. The normalized spacial score (nSPS) is 14.1. The van der Waals surface area contributed by atoms with Crippen LogP contribution < -0.4 is 9.80 Å². The Labute approximate surface area is 212 Å². The van der Waals surface area contributed by atoms with E-state index in [2.05, 4.69) is 34.5 Å². The number of rotatable bonds is 8. The van der Waals surface area contributed by atoms with Crippen LogP contribution in [0.15, 0.2) is 48.8 Å². The predicted molar refractivity (Wildman–Crippen MR) is 139 cm³/mol. The Balaban J connectivity index is 1.45. The Kier molecular flexibility index (Phi) is 8.02. The van der Waals surface area contributed by atoms with E-state index in [4.69, 9.17) is 4.74 Å². The number of ether oxygens (including phenoxy) is 1. The van der Waals surface area contributed by atoms with E-state index in [0.29, 0.717) is 19.5 Å². The second-order valence-corrected chi connectivity index (χ2v) is 9.98. The minimum Gasteiger partial charge on any atom is -0.444 e. The second kappa shape index (κ2) is 11.4. The zero-order valence-electron chi connectivity index (χ0n) is 21.7. The summed E-state index contributed by atoms with van der Waals surface area (Å²) in [6, 6.07) is 11.9. The van der Waals surface area contributed by atoms with Crippen LogP contribution in [-0.4, -0.2) is 81.1 Å². The van der Waals surface area contributed by atoms with Gasteiger partial charge < -0.3 is 19.4 Å². The number of amides is 1. The van der Waals surface area contributed by atoms with Crippen LogP contribution in [0.5, 0.6) is 0 Å². The first-order valence-electron chi connectivity index (χ1n) is 12.5. The van der Waals surface area contributed by atoms with Crippen molar-refractivity contribution in [1.29, 1.82) is 0 Å². The molecule has 10 nitrogen and oxygen atoms in total. The summed E-state index contributed by atoms with van der Waals surface area (Å²) in [5, 5.41) is 9.13. The Hall–Kier alpha value is -3.69. The molecule has 0 N–H and O–H groups in total. The van der Waals surface area contributed by atoms with E-state index >= 15 is 0 Å². The van der Waals surface area contributed by atoms with Crippen molar-refractivity contribution in [3.8, 4) is 0 Å². The zero-order valence-corrected chi connectivity index (χ0v) is 21.7. The van der Waals surface area contributed by atoms with Crippen LogP contribution in [0.2, 0.25) is 0 Å². The van der Waals surface area contributed by atoms with Gasteiger partial charge in [-0.3, -0.25) is 9.55 Å². The van der Waals surface area contributed by atoms with Crippen molar-refractivity contribution in [3.05, 3.63) is 60.3 Å². The largest absolute Gasteiger partial charge is 0.444 e. The van der Waals surface area contributed by atoms with Crippen molar-refractivity contribution in [3.63, 3.8) is 0 Å². The van der Waals surface area contributed by atoms with Gasteiger partial charge in [0.1, 0.15) is 17.2 Å². The highest BCUT2D eigenvalue weighted by atomic mass is 16.6. The van der Waals surface area contributed by atoms with E-state index in [1.54, 1.807) is 18.1 Å². The fourth-order valence-corrected chi connectivity index (χ4v) is 4.16. The van der Waals surface area contributed by atoms with E-state index in [0.717, 1.165) is 55.9 Å². The predicted octanol–water partition coefficient (Wildman–Crippen LogP) is 3.24. The fraction of sp³-hybridized carbons (Fsp3) is 0.500. The maximum Gasteiger partial charge on any atom is 0.410 e. The van der Waals surface area contributed by atoms with Gasteiger partial charge in [-0.15, -0.1) is 10.2 Å². The summed E-state index contributed by atoms with van der Waals surface area (Å²) in [4.78, 5) is 27.5. The average molecular weight is 493 g/mol. The lowest BCUT2D eigenvalue weighted by Gasteiger charge is -2.36.